The summed E-state index contributed by atoms with van der Waals surface area (Å²) >= 11 is 0. The number of fused-ring (bicyclic) bond motifs is 1. The Labute approximate surface area is 120 Å². The van der Waals surface area contributed by atoms with Crippen LogP contribution in [0.5, 0.6) is 0 Å². The summed E-state index contributed by atoms with van der Waals surface area (Å²) in [6.07, 6.45) is 3.09. The van der Waals surface area contributed by atoms with Crippen LogP contribution in [0.15, 0.2) is 30.3 Å². The molecular formula is C16H21NO3. The molecule has 0 fully saturated rings. The Morgan fingerprint density at radius 1 is 1.35 bits per heavy atom. The predicted molar refractivity (Wildman–Crippen MR) is 79.6 cm³/mol. The standard InChI is InChI=1S/C16H21NO3/c1-4-19-16(18)17-14-8-6-5-7-13(14)9-10-15(17)20-11-12(2)3/h5-10,12,15H,4,11H2,1-3H3. The minimum atomic E-state index is -0.411. The Balaban J connectivity index is 2.26. The lowest BCUT2D eigenvalue weighted by molar-refractivity contribution is 0.0578. The number of carbonyl (C=O) groups excluding carboxylic acids is 1. The molecule has 1 heterocycles. The summed E-state index contributed by atoms with van der Waals surface area (Å²) < 4.78 is 11.0. The van der Waals surface area contributed by atoms with E-state index in [1.807, 2.05) is 36.4 Å². The number of benzene rings is 1. The van der Waals surface area contributed by atoms with Crippen LogP contribution in [0.2, 0.25) is 0 Å². The minimum Gasteiger partial charge on any atom is -0.449 e. The normalized spacial score (nSPS) is 17.2. The van der Waals surface area contributed by atoms with E-state index >= 15 is 0 Å². The fourth-order valence-corrected chi connectivity index (χ4v) is 2.07. The molecule has 108 valence electrons. The Morgan fingerprint density at radius 2 is 2.10 bits per heavy atom. The Morgan fingerprint density at radius 3 is 2.80 bits per heavy atom. The Bertz CT molecular complexity index is 496. The second kappa shape index (κ2) is 6.57. The zero-order valence-electron chi connectivity index (χ0n) is 12.2. The van der Waals surface area contributed by atoms with Crippen molar-refractivity contribution in [1.82, 2.24) is 0 Å². The van der Waals surface area contributed by atoms with Crippen molar-refractivity contribution >= 4 is 17.9 Å². The second-order valence-electron chi connectivity index (χ2n) is 5.10. The molecule has 0 saturated heterocycles. The highest BCUT2D eigenvalue weighted by molar-refractivity contribution is 5.93. The summed E-state index contributed by atoms with van der Waals surface area (Å²) in [5.74, 6) is 0.407. The summed E-state index contributed by atoms with van der Waals surface area (Å²) in [6.45, 7) is 6.89. The van der Waals surface area contributed by atoms with E-state index in [-0.39, 0.29) is 6.09 Å². The largest absolute Gasteiger partial charge is 0.449 e. The molecule has 4 nitrogen and oxygen atoms in total. The van der Waals surface area contributed by atoms with Crippen molar-refractivity contribution in [3.8, 4) is 0 Å². The zero-order chi connectivity index (χ0) is 14.5. The predicted octanol–water partition coefficient (Wildman–Crippen LogP) is 3.68. The van der Waals surface area contributed by atoms with Gasteiger partial charge >= 0.3 is 6.09 Å². The lowest BCUT2D eigenvalue weighted by Gasteiger charge is -2.33. The quantitative estimate of drug-likeness (QED) is 0.841. The molecule has 1 unspecified atom stereocenters. The van der Waals surface area contributed by atoms with Crippen LogP contribution in [-0.4, -0.2) is 25.5 Å². The molecule has 1 aromatic carbocycles. The maximum atomic E-state index is 12.2. The number of amides is 1. The lowest BCUT2D eigenvalue weighted by atomic mass is 10.1. The summed E-state index contributed by atoms with van der Waals surface area (Å²) in [6, 6.07) is 7.73. The van der Waals surface area contributed by atoms with E-state index in [9.17, 15) is 4.79 Å². The molecule has 2 rings (SSSR count). The van der Waals surface area contributed by atoms with Gasteiger partial charge in [-0.1, -0.05) is 38.1 Å². The van der Waals surface area contributed by atoms with Crippen molar-refractivity contribution in [2.24, 2.45) is 5.92 Å². The number of rotatable bonds is 4. The average molecular weight is 275 g/mol. The average Bonchev–Trinajstić information content (AvgIpc) is 2.44. The smallest absolute Gasteiger partial charge is 0.416 e. The van der Waals surface area contributed by atoms with Gasteiger partial charge in [-0.2, -0.15) is 0 Å². The molecule has 4 heteroatoms. The zero-order valence-corrected chi connectivity index (χ0v) is 12.2. The van der Waals surface area contributed by atoms with Crippen molar-refractivity contribution in [3.63, 3.8) is 0 Å². The van der Waals surface area contributed by atoms with Crippen molar-refractivity contribution in [2.45, 2.75) is 27.0 Å². The van der Waals surface area contributed by atoms with Gasteiger partial charge in [0.25, 0.3) is 0 Å². The van der Waals surface area contributed by atoms with Crippen molar-refractivity contribution < 1.29 is 14.3 Å². The van der Waals surface area contributed by atoms with Crippen molar-refractivity contribution in [2.75, 3.05) is 18.1 Å². The maximum absolute atomic E-state index is 12.2. The SMILES string of the molecule is CCOC(=O)N1c2ccccc2C=CC1OCC(C)C. The Kier molecular flexibility index (Phi) is 4.79. The second-order valence-corrected chi connectivity index (χ2v) is 5.10. The number of para-hydroxylation sites is 1. The van der Waals surface area contributed by atoms with Gasteiger partial charge in [0.05, 0.1) is 18.9 Å². The number of ether oxygens (including phenoxy) is 2. The highest BCUT2D eigenvalue weighted by atomic mass is 16.6. The maximum Gasteiger partial charge on any atom is 0.416 e. The molecule has 20 heavy (non-hydrogen) atoms. The van der Waals surface area contributed by atoms with Gasteiger partial charge < -0.3 is 9.47 Å². The van der Waals surface area contributed by atoms with Gasteiger partial charge in [0, 0.05) is 0 Å². The van der Waals surface area contributed by atoms with E-state index in [0.29, 0.717) is 19.1 Å². The van der Waals surface area contributed by atoms with E-state index in [1.165, 1.54) is 0 Å². The molecule has 0 aromatic heterocycles. The van der Waals surface area contributed by atoms with Gasteiger partial charge in [0.2, 0.25) is 0 Å². The molecule has 0 aliphatic carbocycles. The number of carbonyl (C=O) groups is 1. The lowest BCUT2D eigenvalue weighted by Crippen LogP contribution is -2.43. The monoisotopic (exact) mass is 275 g/mol. The highest BCUT2D eigenvalue weighted by Crippen LogP contribution is 2.30. The van der Waals surface area contributed by atoms with Gasteiger partial charge in [-0.3, -0.25) is 0 Å². The number of nitrogens with zero attached hydrogens (tertiary/aromatic N) is 1. The van der Waals surface area contributed by atoms with Crippen LogP contribution in [0.1, 0.15) is 26.3 Å². The molecular weight excluding hydrogens is 254 g/mol. The number of anilines is 1. The van der Waals surface area contributed by atoms with Gasteiger partial charge in [-0.15, -0.1) is 0 Å². The fraction of sp³-hybridized carbons (Fsp3) is 0.438. The molecule has 0 spiro atoms. The molecule has 1 amide bonds. The first-order chi connectivity index (χ1) is 9.63. The van der Waals surface area contributed by atoms with Crippen LogP contribution < -0.4 is 4.90 Å². The van der Waals surface area contributed by atoms with Gasteiger partial charge in [0.1, 0.15) is 0 Å². The van der Waals surface area contributed by atoms with Crippen LogP contribution in [0, 0.1) is 5.92 Å². The molecule has 1 aromatic rings. The molecule has 1 atom stereocenters. The Hall–Kier alpha value is -1.81. The van der Waals surface area contributed by atoms with E-state index in [0.717, 1.165) is 11.3 Å². The molecule has 1 aliphatic rings. The highest BCUT2D eigenvalue weighted by Gasteiger charge is 2.29. The van der Waals surface area contributed by atoms with E-state index in [2.05, 4.69) is 13.8 Å². The topological polar surface area (TPSA) is 38.8 Å². The summed E-state index contributed by atoms with van der Waals surface area (Å²) in [7, 11) is 0. The van der Waals surface area contributed by atoms with Crippen LogP contribution in [-0.2, 0) is 9.47 Å². The van der Waals surface area contributed by atoms with Crippen molar-refractivity contribution in [1.29, 1.82) is 0 Å². The third kappa shape index (κ3) is 3.20. The summed E-state index contributed by atoms with van der Waals surface area (Å²) in [5.41, 5.74) is 1.81. The van der Waals surface area contributed by atoms with Crippen LogP contribution in [0.25, 0.3) is 6.08 Å². The van der Waals surface area contributed by atoms with Gasteiger partial charge in [-0.25, -0.2) is 9.69 Å². The molecule has 0 radical (unpaired) electrons. The van der Waals surface area contributed by atoms with Crippen LogP contribution in [0.3, 0.4) is 0 Å². The van der Waals surface area contributed by atoms with E-state index in [1.54, 1.807) is 11.8 Å². The first-order valence-corrected chi connectivity index (χ1v) is 6.98. The molecule has 0 bridgehead atoms. The van der Waals surface area contributed by atoms with Crippen LogP contribution >= 0.6 is 0 Å². The third-order valence-corrected chi connectivity index (χ3v) is 2.96. The molecule has 1 aliphatic heterocycles. The van der Waals surface area contributed by atoms with E-state index in [4.69, 9.17) is 9.47 Å². The van der Waals surface area contributed by atoms with Gasteiger partial charge in [-0.05, 0) is 30.5 Å². The molecule has 0 N–H and O–H groups in total. The summed E-state index contributed by atoms with van der Waals surface area (Å²) in [5, 5.41) is 0. The van der Waals surface area contributed by atoms with Crippen LogP contribution in [0.4, 0.5) is 10.5 Å². The number of hydrogen-bond acceptors (Lipinski definition) is 3. The third-order valence-electron chi connectivity index (χ3n) is 2.96. The fourth-order valence-electron chi connectivity index (χ4n) is 2.07. The van der Waals surface area contributed by atoms with E-state index < -0.39 is 6.23 Å². The molecule has 0 saturated carbocycles. The van der Waals surface area contributed by atoms with Gasteiger partial charge in [0.15, 0.2) is 6.23 Å². The minimum absolute atomic E-state index is 0.345. The summed E-state index contributed by atoms with van der Waals surface area (Å²) in [4.78, 5) is 13.8. The van der Waals surface area contributed by atoms with Crippen molar-refractivity contribution in [3.05, 3.63) is 35.9 Å². The first kappa shape index (κ1) is 14.6. The first-order valence-electron chi connectivity index (χ1n) is 6.98. The number of hydrogen-bond donors (Lipinski definition) is 0.